The molecule has 3 rings (SSSR count). The van der Waals surface area contributed by atoms with Crippen LogP contribution in [0.4, 0.5) is 5.69 Å². The Morgan fingerprint density at radius 1 is 1.14 bits per heavy atom. The van der Waals surface area contributed by atoms with Crippen LogP contribution in [0, 0.1) is 0 Å². The van der Waals surface area contributed by atoms with Crippen LogP contribution in [0.25, 0.3) is 0 Å². The van der Waals surface area contributed by atoms with Gasteiger partial charge in [-0.3, -0.25) is 4.79 Å². The topological polar surface area (TPSA) is 66.6 Å². The molecule has 0 saturated heterocycles. The second-order valence-electron chi connectivity index (χ2n) is 5.67. The molecule has 2 aromatic carbocycles. The normalized spacial score (nSPS) is 13.8. The van der Waals surface area contributed by atoms with Crippen LogP contribution < -0.4 is 10.6 Å². The number of nitrogens with two attached hydrogens (primary N) is 1. The van der Waals surface area contributed by atoms with E-state index >= 15 is 0 Å². The lowest BCUT2D eigenvalue weighted by Crippen LogP contribution is -2.30. The number of nitrogens with zero attached hydrogens (tertiary/aromatic N) is 1. The third-order valence-corrected chi connectivity index (χ3v) is 4.19. The summed E-state index contributed by atoms with van der Waals surface area (Å²) in [5, 5.41) is 9.11. The van der Waals surface area contributed by atoms with E-state index in [1.165, 1.54) is 5.56 Å². The number of hydrogen-bond donors (Lipinski definition) is 2. The predicted octanol–water partition coefficient (Wildman–Crippen LogP) is 2.23. The highest BCUT2D eigenvalue weighted by Crippen LogP contribution is 2.30. The molecule has 0 saturated carbocycles. The molecule has 22 heavy (non-hydrogen) atoms. The van der Waals surface area contributed by atoms with Crippen molar-refractivity contribution in [2.75, 3.05) is 11.4 Å². The molecule has 1 heterocycles. The van der Waals surface area contributed by atoms with Crippen molar-refractivity contribution in [3.05, 3.63) is 64.7 Å². The highest BCUT2D eigenvalue weighted by Gasteiger charge is 2.21. The first-order chi connectivity index (χ1) is 10.7. The van der Waals surface area contributed by atoms with Crippen LogP contribution in [0.3, 0.4) is 0 Å². The number of aliphatic hydroxyl groups is 1. The molecule has 1 aliphatic rings. The standard InChI is InChI=1S/C18H20N2O2/c19-18(22)16-3-1-5-17-15(16)4-2-10-20(17)11-13-6-8-14(12-21)9-7-13/h1,3,5-9,21H,2,4,10-12H2,(H2,19,22). The number of amides is 1. The van der Waals surface area contributed by atoms with Gasteiger partial charge in [0.15, 0.2) is 0 Å². The Labute approximate surface area is 130 Å². The molecule has 4 heteroatoms. The summed E-state index contributed by atoms with van der Waals surface area (Å²) < 4.78 is 0. The maximum atomic E-state index is 11.6. The summed E-state index contributed by atoms with van der Waals surface area (Å²) in [4.78, 5) is 13.9. The summed E-state index contributed by atoms with van der Waals surface area (Å²) >= 11 is 0. The SMILES string of the molecule is NC(=O)c1cccc2c1CCCN2Cc1ccc(CO)cc1. The minimum Gasteiger partial charge on any atom is -0.392 e. The molecule has 0 radical (unpaired) electrons. The zero-order chi connectivity index (χ0) is 15.5. The number of carbonyl (C=O) groups is 1. The van der Waals surface area contributed by atoms with Crippen molar-refractivity contribution < 1.29 is 9.90 Å². The molecule has 0 aromatic heterocycles. The molecule has 1 aliphatic heterocycles. The van der Waals surface area contributed by atoms with Gasteiger partial charge in [-0.05, 0) is 41.7 Å². The van der Waals surface area contributed by atoms with Crippen molar-refractivity contribution in [2.24, 2.45) is 5.73 Å². The number of fused-ring (bicyclic) bond motifs is 1. The van der Waals surface area contributed by atoms with E-state index in [2.05, 4.69) is 11.0 Å². The first-order valence-electron chi connectivity index (χ1n) is 7.54. The Balaban J connectivity index is 1.88. The average Bonchev–Trinajstić information content (AvgIpc) is 2.55. The molecule has 2 aromatic rings. The quantitative estimate of drug-likeness (QED) is 0.909. The van der Waals surface area contributed by atoms with Gasteiger partial charge in [-0.2, -0.15) is 0 Å². The number of anilines is 1. The van der Waals surface area contributed by atoms with Crippen LogP contribution in [-0.4, -0.2) is 17.6 Å². The van der Waals surface area contributed by atoms with Gasteiger partial charge in [0.25, 0.3) is 0 Å². The Hall–Kier alpha value is -2.33. The molecule has 4 nitrogen and oxygen atoms in total. The van der Waals surface area contributed by atoms with Gasteiger partial charge >= 0.3 is 0 Å². The third-order valence-electron chi connectivity index (χ3n) is 4.19. The van der Waals surface area contributed by atoms with Gasteiger partial charge in [-0.1, -0.05) is 30.3 Å². The average molecular weight is 296 g/mol. The first kappa shape index (κ1) is 14.6. The molecule has 0 fully saturated rings. The summed E-state index contributed by atoms with van der Waals surface area (Å²) in [6.45, 7) is 1.83. The van der Waals surface area contributed by atoms with E-state index in [-0.39, 0.29) is 12.5 Å². The fourth-order valence-electron chi connectivity index (χ4n) is 3.07. The van der Waals surface area contributed by atoms with Crippen molar-refractivity contribution in [1.82, 2.24) is 0 Å². The second-order valence-corrected chi connectivity index (χ2v) is 5.67. The zero-order valence-corrected chi connectivity index (χ0v) is 12.5. The summed E-state index contributed by atoms with van der Waals surface area (Å²) in [6.07, 6.45) is 1.92. The minimum atomic E-state index is -0.356. The number of primary amides is 1. The van der Waals surface area contributed by atoms with Crippen LogP contribution in [0.15, 0.2) is 42.5 Å². The van der Waals surface area contributed by atoms with E-state index in [4.69, 9.17) is 10.8 Å². The highest BCUT2D eigenvalue weighted by atomic mass is 16.3. The molecular weight excluding hydrogens is 276 g/mol. The van der Waals surface area contributed by atoms with Gasteiger partial charge in [0, 0.05) is 24.3 Å². The number of benzene rings is 2. The van der Waals surface area contributed by atoms with Crippen LogP contribution in [-0.2, 0) is 19.6 Å². The van der Waals surface area contributed by atoms with Crippen molar-refractivity contribution in [2.45, 2.75) is 26.0 Å². The van der Waals surface area contributed by atoms with E-state index in [1.807, 2.05) is 30.3 Å². The van der Waals surface area contributed by atoms with E-state index in [0.717, 1.165) is 42.7 Å². The van der Waals surface area contributed by atoms with Crippen molar-refractivity contribution in [3.63, 3.8) is 0 Å². The third kappa shape index (κ3) is 2.83. The van der Waals surface area contributed by atoms with Gasteiger partial charge in [-0.25, -0.2) is 0 Å². The fourth-order valence-corrected chi connectivity index (χ4v) is 3.07. The van der Waals surface area contributed by atoms with Gasteiger partial charge in [0.2, 0.25) is 5.91 Å². The summed E-state index contributed by atoms with van der Waals surface area (Å²) in [5.74, 6) is -0.356. The Morgan fingerprint density at radius 2 is 1.86 bits per heavy atom. The lowest BCUT2D eigenvalue weighted by atomic mass is 9.95. The second kappa shape index (κ2) is 6.20. The van der Waals surface area contributed by atoms with Crippen LogP contribution in [0.2, 0.25) is 0 Å². The van der Waals surface area contributed by atoms with Crippen molar-refractivity contribution in [3.8, 4) is 0 Å². The van der Waals surface area contributed by atoms with Gasteiger partial charge in [-0.15, -0.1) is 0 Å². The van der Waals surface area contributed by atoms with Crippen LogP contribution >= 0.6 is 0 Å². The monoisotopic (exact) mass is 296 g/mol. The number of rotatable bonds is 4. The molecule has 114 valence electrons. The molecule has 1 amide bonds. The Morgan fingerprint density at radius 3 is 2.55 bits per heavy atom. The molecule has 0 unspecified atom stereocenters. The zero-order valence-electron chi connectivity index (χ0n) is 12.5. The minimum absolute atomic E-state index is 0.0643. The van der Waals surface area contributed by atoms with Crippen LogP contribution in [0.5, 0.6) is 0 Å². The molecule has 3 N–H and O–H groups in total. The number of hydrogen-bond acceptors (Lipinski definition) is 3. The lowest BCUT2D eigenvalue weighted by Gasteiger charge is -2.32. The van der Waals surface area contributed by atoms with E-state index in [0.29, 0.717) is 5.56 Å². The maximum absolute atomic E-state index is 11.6. The number of carbonyl (C=O) groups excluding carboxylic acids is 1. The fraction of sp³-hybridized carbons (Fsp3) is 0.278. The molecule has 0 aliphatic carbocycles. The predicted molar refractivity (Wildman–Crippen MR) is 86.7 cm³/mol. The van der Waals surface area contributed by atoms with Crippen LogP contribution in [0.1, 0.15) is 33.5 Å². The highest BCUT2D eigenvalue weighted by molar-refractivity contribution is 5.96. The largest absolute Gasteiger partial charge is 0.392 e. The Kier molecular flexibility index (Phi) is 4.11. The van der Waals surface area contributed by atoms with Gasteiger partial charge < -0.3 is 15.7 Å². The van der Waals surface area contributed by atoms with Crippen molar-refractivity contribution in [1.29, 1.82) is 0 Å². The summed E-state index contributed by atoms with van der Waals surface area (Å²) in [5.41, 5.74) is 10.4. The van der Waals surface area contributed by atoms with E-state index in [1.54, 1.807) is 6.07 Å². The smallest absolute Gasteiger partial charge is 0.249 e. The first-order valence-corrected chi connectivity index (χ1v) is 7.54. The number of aliphatic hydroxyl groups excluding tert-OH is 1. The molecule has 0 atom stereocenters. The maximum Gasteiger partial charge on any atom is 0.249 e. The summed E-state index contributed by atoms with van der Waals surface area (Å²) in [6, 6.07) is 13.7. The Bertz CT molecular complexity index is 680. The lowest BCUT2D eigenvalue weighted by molar-refractivity contribution is 0.0999. The molecule has 0 bridgehead atoms. The van der Waals surface area contributed by atoms with Gasteiger partial charge in [0.1, 0.15) is 0 Å². The molecule has 0 spiro atoms. The van der Waals surface area contributed by atoms with E-state index < -0.39 is 0 Å². The van der Waals surface area contributed by atoms with Gasteiger partial charge in [0.05, 0.1) is 6.61 Å². The molecular formula is C18H20N2O2. The van der Waals surface area contributed by atoms with E-state index in [9.17, 15) is 4.79 Å². The van der Waals surface area contributed by atoms with Crippen molar-refractivity contribution >= 4 is 11.6 Å². The summed E-state index contributed by atoms with van der Waals surface area (Å²) in [7, 11) is 0.